The van der Waals surface area contributed by atoms with E-state index < -0.39 is 5.82 Å². The normalized spacial score (nSPS) is 16.6. The van der Waals surface area contributed by atoms with Crippen LogP contribution in [-0.2, 0) is 6.42 Å². The number of aromatic nitrogens is 3. The standard InChI is InChI=1S/C21H21FN4O3/c1-2-15-12-18(29-25-15)21(27)26-11-5-6-14(13-26)19-20(24-10-9-23-19)28-17-8-4-3-7-16(17)22/h3-4,7-10,12,14H,2,5-6,11,13H2,1H3/t14-/m0/s1. The number of para-hydroxylation sites is 1. The minimum Gasteiger partial charge on any atom is -0.434 e. The molecule has 29 heavy (non-hydrogen) atoms. The number of carbonyl (C=O) groups is 1. The van der Waals surface area contributed by atoms with Crippen LogP contribution in [0.3, 0.4) is 0 Å². The van der Waals surface area contributed by atoms with Gasteiger partial charge >= 0.3 is 0 Å². The van der Waals surface area contributed by atoms with E-state index in [9.17, 15) is 9.18 Å². The van der Waals surface area contributed by atoms with E-state index in [1.807, 2.05) is 6.92 Å². The van der Waals surface area contributed by atoms with Gasteiger partial charge in [-0.15, -0.1) is 0 Å². The molecule has 1 aliphatic rings. The van der Waals surface area contributed by atoms with Crippen molar-refractivity contribution >= 4 is 5.91 Å². The lowest BCUT2D eigenvalue weighted by Gasteiger charge is -2.32. The molecule has 3 aromatic rings. The zero-order valence-electron chi connectivity index (χ0n) is 16.0. The molecule has 0 N–H and O–H groups in total. The number of benzene rings is 1. The number of likely N-dealkylation sites (tertiary alicyclic amines) is 1. The molecule has 0 bridgehead atoms. The number of amides is 1. The number of halogens is 1. The summed E-state index contributed by atoms with van der Waals surface area (Å²) in [5.74, 6) is -0.151. The lowest BCUT2D eigenvalue weighted by atomic mass is 9.94. The van der Waals surface area contributed by atoms with Crippen LogP contribution in [0.4, 0.5) is 4.39 Å². The number of rotatable bonds is 5. The van der Waals surface area contributed by atoms with Crippen molar-refractivity contribution in [3.8, 4) is 11.6 Å². The largest absolute Gasteiger partial charge is 0.434 e. The smallest absolute Gasteiger partial charge is 0.292 e. The maximum atomic E-state index is 14.0. The Morgan fingerprint density at radius 3 is 2.93 bits per heavy atom. The molecule has 3 heterocycles. The Bertz CT molecular complexity index is 1010. The van der Waals surface area contributed by atoms with Gasteiger partial charge in [0.15, 0.2) is 11.6 Å². The van der Waals surface area contributed by atoms with Gasteiger partial charge in [-0.1, -0.05) is 24.2 Å². The van der Waals surface area contributed by atoms with Gasteiger partial charge in [0.25, 0.3) is 5.91 Å². The van der Waals surface area contributed by atoms with Gasteiger partial charge in [-0.25, -0.2) is 9.37 Å². The third-order valence-electron chi connectivity index (χ3n) is 4.96. The topological polar surface area (TPSA) is 81.4 Å². The molecule has 150 valence electrons. The number of piperidine rings is 1. The maximum absolute atomic E-state index is 14.0. The van der Waals surface area contributed by atoms with Gasteiger partial charge < -0.3 is 14.2 Å². The highest BCUT2D eigenvalue weighted by molar-refractivity contribution is 5.91. The molecule has 1 saturated heterocycles. The molecule has 4 rings (SSSR count). The van der Waals surface area contributed by atoms with E-state index in [0.717, 1.165) is 18.5 Å². The van der Waals surface area contributed by atoms with Crippen molar-refractivity contribution < 1.29 is 18.4 Å². The molecule has 1 aliphatic heterocycles. The predicted octanol–water partition coefficient (Wildman–Crippen LogP) is 3.98. The Balaban J connectivity index is 1.54. The van der Waals surface area contributed by atoms with E-state index in [4.69, 9.17) is 9.26 Å². The summed E-state index contributed by atoms with van der Waals surface area (Å²) in [4.78, 5) is 23.2. The summed E-state index contributed by atoms with van der Waals surface area (Å²) in [6.45, 7) is 3.03. The molecular weight excluding hydrogens is 375 g/mol. The first kappa shape index (κ1) is 19.0. The van der Waals surface area contributed by atoms with Gasteiger partial charge in [0, 0.05) is 37.5 Å². The van der Waals surface area contributed by atoms with Crippen molar-refractivity contribution in [3.63, 3.8) is 0 Å². The summed E-state index contributed by atoms with van der Waals surface area (Å²) >= 11 is 0. The monoisotopic (exact) mass is 396 g/mol. The van der Waals surface area contributed by atoms with Gasteiger partial charge in [-0.05, 0) is 31.4 Å². The third kappa shape index (κ3) is 4.11. The van der Waals surface area contributed by atoms with Crippen LogP contribution in [0, 0.1) is 5.82 Å². The number of carbonyl (C=O) groups excluding carboxylic acids is 1. The van der Waals surface area contributed by atoms with E-state index in [2.05, 4.69) is 15.1 Å². The van der Waals surface area contributed by atoms with Gasteiger partial charge in [0.2, 0.25) is 11.6 Å². The Kier molecular flexibility index (Phi) is 5.50. The van der Waals surface area contributed by atoms with Gasteiger partial charge in [0.1, 0.15) is 5.69 Å². The van der Waals surface area contributed by atoms with Crippen LogP contribution in [-0.4, -0.2) is 39.0 Å². The van der Waals surface area contributed by atoms with Crippen molar-refractivity contribution in [1.29, 1.82) is 0 Å². The highest BCUT2D eigenvalue weighted by Gasteiger charge is 2.30. The Morgan fingerprint density at radius 2 is 2.14 bits per heavy atom. The van der Waals surface area contributed by atoms with Gasteiger partial charge in [-0.3, -0.25) is 9.78 Å². The second kappa shape index (κ2) is 8.38. The van der Waals surface area contributed by atoms with Crippen LogP contribution in [0.2, 0.25) is 0 Å². The molecule has 0 unspecified atom stereocenters. The average molecular weight is 396 g/mol. The molecule has 0 saturated carbocycles. The SMILES string of the molecule is CCc1cc(C(=O)N2CCC[C@H](c3nccnc3Oc3ccccc3F)C2)on1. The van der Waals surface area contributed by atoms with E-state index in [-0.39, 0.29) is 29.2 Å². The van der Waals surface area contributed by atoms with Crippen molar-refractivity contribution in [3.05, 3.63) is 65.7 Å². The molecule has 0 spiro atoms. The first-order chi connectivity index (χ1) is 14.2. The van der Waals surface area contributed by atoms with Crippen LogP contribution in [0.15, 0.2) is 47.2 Å². The Hall–Kier alpha value is -3.29. The van der Waals surface area contributed by atoms with Gasteiger partial charge in [0.05, 0.1) is 5.69 Å². The first-order valence-electron chi connectivity index (χ1n) is 9.64. The zero-order valence-corrected chi connectivity index (χ0v) is 16.0. The fourth-order valence-corrected chi connectivity index (χ4v) is 3.45. The lowest BCUT2D eigenvalue weighted by Crippen LogP contribution is -2.39. The van der Waals surface area contributed by atoms with Crippen LogP contribution < -0.4 is 4.74 Å². The molecular formula is C21H21FN4O3. The Morgan fingerprint density at radius 1 is 1.31 bits per heavy atom. The Labute approximate surface area is 167 Å². The molecule has 1 fully saturated rings. The third-order valence-corrected chi connectivity index (χ3v) is 4.96. The number of hydrogen-bond donors (Lipinski definition) is 0. The van der Waals surface area contributed by atoms with E-state index in [1.165, 1.54) is 12.3 Å². The van der Waals surface area contributed by atoms with Gasteiger partial charge in [-0.2, -0.15) is 0 Å². The van der Waals surface area contributed by atoms with Crippen molar-refractivity contribution in [1.82, 2.24) is 20.0 Å². The predicted molar refractivity (Wildman–Crippen MR) is 102 cm³/mol. The maximum Gasteiger partial charge on any atom is 0.292 e. The molecule has 0 aliphatic carbocycles. The molecule has 8 heteroatoms. The number of hydrogen-bond acceptors (Lipinski definition) is 6. The minimum atomic E-state index is -0.471. The first-order valence-corrected chi connectivity index (χ1v) is 9.64. The summed E-state index contributed by atoms with van der Waals surface area (Å²) in [6.07, 6.45) is 5.42. The number of aryl methyl sites for hydroxylation is 1. The molecule has 1 atom stereocenters. The summed E-state index contributed by atoms with van der Waals surface area (Å²) < 4.78 is 24.9. The fourth-order valence-electron chi connectivity index (χ4n) is 3.45. The van der Waals surface area contributed by atoms with Crippen LogP contribution >= 0.6 is 0 Å². The molecule has 7 nitrogen and oxygen atoms in total. The summed E-state index contributed by atoms with van der Waals surface area (Å²) in [6, 6.07) is 7.84. The highest BCUT2D eigenvalue weighted by atomic mass is 19.1. The highest BCUT2D eigenvalue weighted by Crippen LogP contribution is 2.33. The average Bonchev–Trinajstić information content (AvgIpc) is 3.25. The number of nitrogens with zero attached hydrogens (tertiary/aromatic N) is 4. The second-order valence-electron chi connectivity index (χ2n) is 6.91. The van der Waals surface area contributed by atoms with Crippen molar-refractivity contribution in [2.45, 2.75) is 32.1 Å². The van der Waals surface area contributed by atoms with Crippen LogP contribution in [0.5, 0.6) is 11.6 Å². The second-order valence-corrected chi connectivity index (χ2v) is 6.91. The molecule has 0 radical (unpaired) electrons. The van der Waals surface area contributed by atoms with E-state index >= 15 is 0 Å². The van der Waals surface area contributed by atoms with Crippen molar-refractivity contribution in [2.75, 3.05) is 13.1 Å². The quantitative estimate of drug-likeness (QED) is 0.649. The summed E-state index contributed by atoms with van der Waals surface area (Å²) in [7, 11) is 0. The molecule has 1 aromatic carbocycles. The van der Waals surface area contributed by atoms with E-state index in [0.29, 0.717) is 25.2 Å². The fraction of sp³-hybridized carbons (Fsp3) is 0.333. The van der Waals surface area contributed by atoms with Crippen molar-refractivity contribution in [2.24, 2.45) is 0 Å². The van der Waals surface area contributed by atoms with E-state index in [1.54, 1.807) is 35.4 Å². The summed E-state index contributed by atoms with van der Waals surface area (Å²) in [5, 5.41) is 3.90. The minimum absolute atomic E-state index is 0.0725. The summed E-state index contributed by atoms with van der Waals surface area (Å²) in [5.41, 5.74) is 1.36. The van der Waals surface area contributed by atoms with Crippen LogP contribution in [0.25, 0.3) is 0 Å². The molecule has 1 amide bonds. The molecule has 2 aromatic heterocycles. The van der Waals surface area contributed by atoms with Crippen LogP contribution in [0.1, 0.15) is 47.6 Å². The zero-order chi connectivity index (χ0) is 20.2. The number of ether oxygens (including phenoxy) is 1. The lowest BCUT2D eigenvalue weighted by molar-refractivity contribution is 0.0662.